The fourth-order valence-electron chi connectivity index (χ4n) is 1.79. The molecule has 76 valence electrons. The molecule has 1 aromatic rings. The normalized spacial score (nSPS) is 21.3. The van der Waals surface area contributed by atoms with Crippen LogP contribution in [-0.2, 0) is 0 Å². The molecule has 0 aliphatic carbocycles. The Morgan fingerprint density at radius 1 is 1.57 bits per heavy atom. The number of nitrogens with two attached hydrogens (primary N) is 1. The molecular formula is C10H15N3O. The van der Waals surface area contributed by atoms with Gasteiger partial charge in [0.1, 0.15) is 5.75 Å². The minimum atomic E-state index is 0.129. The zero-order valence-corrected chi connectivity index (χ0v) is 8.31. The van der Waals surface area contributed by atoms with Gasteiger partial charge in [-0.25, -0.2) is 0 Å². The fraction of sp³-hybridized carbons (Fsp3) is 0.500. The third-order valence-electron chi connectivity index (χ3n) is 2.57. The number of methoxy groups -OCH3 is 1. The molecule has 0 saturated carbocycles. The molecule has 1 aromatic heterocycles. The van der Waals surface area contributed by atoms with Gasteiger partial charge in [0.2, 0.25) is 0 Å². The van der Waals surface area contributed by atoms with Gasteiger partial charge >= 0.3 is 0 Å². The van der Waals surface area contributed by atoms with Gasteiger partial charge in [0.05, 0.1) is 31.4 Å². The van der Waals surface area contributed by atoms with Gasteiger partial charge in [-0.1, -0.05) is 0 Å². The molecular weight excluding hydrogens is 178 g/mol. The monoisotopic (exact) mass is 193 g/mol. The van der Waals surface area contributed by atoms with E-state index in [0.29, 0.717) is 0 Å². The molecule has 1 saturated heterocycles. The van der Waals surface area contributed by atoms with Crippen LogP contribution in [-0.4, -0.2) is 24.8 Å². The van der Waals surface area contributed by atoms with E-state index in [1.54, 1.807) is 13.3 Å². The van der Waals surface area contributed by atoms with Gasteiger partial charge in [-0.15, -0.1) is 0 Å². The molecule has 0 amide bonds. The fourth-order valence-corrected chi connectivity index (χ4v) is 1.79. The first-order chi connectivity index (χ1) is 6.81. The maximum atomic E-state index is 5.96. The average Bonchev–Trinajstić information content (AvgIpc) is 2.65. The van der Waals surface area contributed by atoms with Crippen molar-refractivity contribution in [2.45, 2.75) is 19.0 Å². The summed E-state index contributed by atoms with van der Waals surface area (Å²) in [5.74, 6) is 0.779. The average molecular weight is 193 g/mol. The number of ether oxygens (including phenoxy) is 1. The number of anilines is 1. The van der Waals surface area contributed by atoms with Gasteiger partial charge in [0.25, 0.3) is 0 Å². The Bertz CT molecular complexity index is 316. The van der Waals surface area contributed by atoms with E-state index in [-0.39, 0.29) is 6.17 Å². The summed E-state index contributed by atoms with van der Waals surface area (Å²) in [6.07, 6.45) is 5.86. The Morgan fingerprint density at radius 2 is 2.43 bits per heavy atom. The Kier molecular flexibility index (Phi) is 2.54. The summed E-state index contributed by atoms with van der Waals surface area (Å²) in [6, 6.07) is 1.97. The van der Waals surface area contributed by atoms with Crippen molar-refractivity contribution in [3.63, 3.8) is 0 Å². The van der Waals surface area contributed by atoms with Crippen molar-refractivity contribution in [2.75, 3.05) is 18.6 Å². The van der Waals surface area contributed by atoms with Gasteiger partial charge < -0.3 is 15.4 Å². The van der Waals surface area contributed by atoms with Crippen molar-refractivity contribution in [2.24, 2.45) is 5.73 Å². The van der Waals surface area contributed by atoms with E-state index in [0.717, 1.165) is 30.8 Å². The van der Waals surface area contributed by atoms with Crippen LogP contribution >= 0.6 is 0 Å². The molecule has 0 aromatic carbocycles. The minimum absolute atomic E-state index is 0.129. The van der Waals surface area contributed by atoms with Gasteiger partial charge in [-0.2, -0.15) is 0 Å². The maximum absolute atomic E-state index is 5.96. The zero-order valence-electron chi connectivity index (χ0n) is 8.31. The third-order valence-corrected chi connectivity index (χ3v) is 2.57. The van der Waals surface area contributed by atoms with Crippen molar-refractivity contribution in [1.82, 2.24) is 4.98 Å². The Hall–Kier alpha value is -1.29. The van der Waals surface area contributed by atoms with E-state index in [1.165, 1.54) is 0 Å². The van der Waals surface area contributed by atoms with Gasteiger partial charge in [-0.3, -0.25) is 4.98 Å². The molecule has 2 heterocycles. The standard InChI is InChI=1S/C10H15N3O/c1-14-9-5-8(6-12-7-9)13-4-2-3-10(13)11/h5-7,10H,2-4,11H2,1H3. The lowest BCUT2D eigenvalue weighted by Gasteiger charge is -2.23. The van der Waals surface area contributed by atoms with Crippen LogP contribution in [0, 0.1) is 0 Å². The summed E-state index contributed by atoms with van der Waals surface area (Å²) in [5.41, 5.74) is 7.01. The van der Waals surface area contributed by atoms with Crippen LogP contribution in [0.4, 0.5) is 5.69 Å². The van der Waals surface area contributed by atoms with Crippen LogP contribution in [0.3, 0.4) is 0 Å². The molecule has 2 N–H and O–H groups in total. The summed E-state index contributed by atoms with van der Waals surface area (Å²) in [5, 5.41) is 0. The quantitative estimate of drug-likeness (QED) is 0.760. The lowest BCUT2D eigenvalue weighted by molar-refractivity contribution is 0.413. The smallest absolute Gasteiger partial charge is 0.139 e. The first kappa shape index (κ1) is 9.27. The highest BCUT2D eigenvalue weighted by Gasteiger charge is 2.21. The van der Waals surface area contributed by atoms with Crippen molar-refractivity contribution in [1.29, 1.82) is 0 Å². The van der Waals surface area contributed by atoms with Crippen LogP contribution < -0.4 is 15.4 Å². The number of rotatable bonds is 2. The summed E-state index contributed by atoms with van der Waals surface area (Å²) in [6.45, 7) is 1.01. The third kappa shape index (κ3) is 1.65. The number of nitrogens with zero attached hydrogens (tertiary/aromatic N) is 2. The predicted octanol–water partition coefficient (Wildman–Crippen LogP) is 0.975. The van der Waals surface area contributed by atoms with E-state index in [2.05, 4.69) is 9.88 Å². The van der Waals surface area contributed by atoms with Crippen LogP contribution in [0.2, 0.25) is 0 Å². The molecule has 0 radical (unpaired) electrons. The molecule has 1 unspecified atom stereocenters. The van der Waals surface area contributed by atoms with Crippen molar-refractivity contribution >= 4 is 5.69 Å². The predicted molar refractivity (Wildman–Crippen MR) is 55.3 cm³/mol. The summed E-state index contributed by atoms with van der Waals surface area (Å²) in [7, 11) is 1.64. The first-order valence-electron chi connectivity index (χ1n) is 4.82. The van der Waals surface area contributed by atoms with Crippen molar-refractivity contribution < 1.29 is 4.74 Å². The van der Waals surface area contributed by atoms with E-state index < -0.39 is 0 Å². The van der Waals surface area contributed by atoms with E-state index >= 15 is 0 Å². The summed E-state index contributed by atoms with van der Waals surface area (Å²) in [4.78, 5) is 6.27. The van der Waals surface area contributed by atoms with Gasteiger partial charge in [0.15, 0.2) is 0 Å². The largest absolute Gasteiger partial charge is 0.495 e. The highest BCUT2D eigenvalue weighted by Crippen LogP contribution is 2.24. The number of pyridine rings is 1. The van der Waals surface area contributed by atoms with Crippen LogP contribution in [0.1, 0.15) is 12.8 Å². The summed E-state index contributed by atoms with van der Waals surface area (Å²) < 4.78 is 5.12. The Labute approximate surface area is 83.7 Å². The second kappa shape index (κ2) is 3.84. The second-order valence-corrected chi connectivity index (χ2v) is 3.49. The molecule has 1 aliphatic rings. The van der Waals surface area contributed by atoms with E-state index in [9.17, 15) is 0 Å². The van der Waals surface area contributed by atoms with Crippen molar-refractivity contribution in [3.8, 4) is 5.75 Å². The van der Waals surface area contributed by atoms with Crippen molar-refractivity contribution in [3.05, 3.63) is 18.5 Å². The van der Waals surface area contributed by atoms with E-state index in [4.69, 9.17) is 10.5 Å². The second-order valence-electron chi connectivity index (χ2n) is 3.49. The number of hydrogen-bond donors (Lipinski definition) is 1. The molecule has 4 nitrogen and oxygen atoms in total. The molecule has 1 atom stereocenters. The summed E-state index contributed by atoms with van der Waals surface area (Å²) >= 11 is 0. The Balaban J connectivity index is 2.22. The van der Waals surface area contributed by atoms with Crippen LogP contribution in [0.5, 0.6) is 5.75 Å². The molecule has 2 rings (SSSR count). The lowest BCUT2D eigenvalue weighted by atomic mass is 10.3. The lowest BCUT2D eigenvalue weighted by Crippen LogP contribution is -2.36. The minimum Gasteiger partial charge on any atom is -0.495 e. The van der Waals surface area contributed by atoms with Crippen LogP contribution in [0.15, 0.2) is 18.5 Å². The highest BCUT2D eigenvalue weighted by molar-refractivity contribution is 5.49. The molecule has 0 bridgehead atoms. The van der Waals surface area contributed by atoms with Gasteiger partial charge in [-0.05, 0) is 12.8 Å². The topological polar surface area (TPSA) is 51.4 Å². The first-order valence-corrected chi connectivity index (χ1v) is 4.82. The van der Waals surface area contributed by atoms with E-state index in [1.807, 2.05) is 12.3 Å². The number of hydrogen-bond acceptors (Lipinski definition) is 4. The molecule has 14 heavy (non-hydrogen) atoms. The Morgan fingerprint density at radius 3 is 3.07 bits per heavy atom. The van der Waals surface area contributed by atoms with Crippen LogP contribution in [0.25, 0.3) is 0 Å². The molecule has 0 spiro atoms. The SMILES string of the molecule is COc1cncc(N2CCCC2N)c1. The molecule has 1 aliphatic heterocycles. The zero-order chi connectivity index (χ0) is 9.97. The molecule has 4 heteroatoms. The number of aromatic nitrogens is 1. The van der Waals surface area contributed by atoms with Gasteiger partial charge in [0, 0.05) is 12.6 Å². The molecule has 1 fully saturated rings. The maximum Gasteiger partial charge on any atom is 0.139 e. The highest BCUT2D eigenvalue weighted by atomic mass is 16.5.